The van der Waals surface area contributed by atoms with Crippen LogP contribution in [0.3, 0.4) is 0 Å². The van der Waals surface area contributed by atoms with Crippen molar-refractivity contribution in [3.8, 4) is 5.69 Å². The van der Waals surface area contributed by atoms with Gasteiger partial charge < -0.3 is 15.4 Å². The quantitative estimate of drug-likeness (QED) is 0.886. The zero-order valence-electron chi connectivity index (χ0n) is 11.7. The van der Waals surface area contributed by atoms with Crippen LogP contribution in [-0.4, -0.2) is 41.5 Å². The van der Waals surface area contributed by atoms with E-state index in [9.17, 15) is 4.79 Å². The minimum Gasteiger partial charge on any atom is -0.378 e. The van der Waals surface area contributed by atoms with Crippen LogP contribution >= 0.6 is 0 Å². The molecule has 6 heteroatoms. The van der Waals surface area contributed by atoms with E-state index in [0.717, 1.165) is 12.2 Å². The second-order valence-corrected chi connectivity index (χ2v) is 4.96. The molecule has 0 aliphatic carbocycles. The van der Waals surface area contributed by atoms with Gasteiger partial charge in [0, 0.05) is 31.3 Å². The summed E-state index contributed by atoms with van der Waals surface area (Å²) in [7, 11) is 0. The van der Waals surface area contributed by atoms with Crippen LogP contribution in [0.15, 0.2) is 42.6 Å². The molecule has 2 N–H and O–H groups in total. The molecule has 1 fully saturated rings. The van der Waals surface area contributed by atoms with Crippen LogP contribution in [-0.2, 0) is 9.53 Å². The molecule has 2 aromatic rings. The fourth-order valence-electron chi connectivity index (χ4n) is 2.28. The average molecular weight is 286 g/mol. The highest BCUT2D eigenvalue weighted by Crippen LogP contribution is 2.10. The maximum atomic E-state index is 12.0. The van der Waals surface area contributed by atoms with Gasteiger partial charge in [-0.1, -0.05) is 18.2 Å². The Bertz CT molecular complexity index is 591. The number of ether oxygens (including phenoxy) is 1. The number of para-hydroxylation sites is 1. The van der Waals surface area contributed by atoms with Gasteiger partial charge in [-0.3, -0.25) is 4.79 Å². The topological polar surface area (TPSA) is 68.2 Å². The van der Waals surface area contributed by atoms with E-state index in [1.807, 2.05) is 36.5 Å². The van der Waals surface area contributed by atoms with Crippen LogP contribution in [0.5, 0.6) is 0 Å². The zero-order chi connectivity index (χ0) is 14.5. The van der Waals surface area contributed by atoms with Crippen molar-refractivity contribution in [3.63, 3.8) is 0 Å². The lowest BCUT2D eigenvalue weighted by Gasteiger charge is -2.22. The molecule has 6 nitrogen and oxygen atoms in total. The molecule has 1 unspecified atom stereocenters. The summed E-state index contributed by atoms with van der Waals surface area (Å²) in [5, 5.41) is 10.4. The molecule has 1 aliphatic rings. The highest BCUT2D eigenvalue weighted by Gasteiger charge is 2.17. The van der Waals surface area contributed by atoms with Crippen LogP contribution in [0, 0.1) is 0 Å². The van der Waals surface area contributed by atoms with Gasteiger partial charge in [0.1, 0.15) is 0 Å². The lowest BCUT2D eigenvalue weighted by molar-refractivity contribution is -0.117. The van der Waals surface area contributed by atoms with Crippen molar-refractivity contribution in [2.45, 2.75) is 12.5 Å². The number of rotatable bonds is 4. The van der Waals surface area contributed by atoms with E-state index in [0.29, 0.717) is 25.5 Å². The van der Waals surface area contributed by atoms with Crippen molar-refractivity contribution in [2.24, 2.45) is 0 Å². The Hall–Kier alpha value is -2.18. The van der Waals surface area contributed by atoms with E-state index in [1.54, 1.807) is 10.7 Å². The first kappa shape index (κ1) is 13.8. The molecule has 0 saturated carbocycles. The smallest absolute Gasteiger partial charge is 0.227 e. The number of hydrogen-bond acceptors (Lipinski definition) is 4. The Balaban J connectivity index is 1.58. The minimum atomic E-state index is -0.0590. The number of aromatic nitrogens is 2. The predicted octanol–water partition coefficient (Wildman–Crippen LogP) is 1.19. The van der Waals surface area contributed by atoms with Crippen molar-refractivity contribution >= 4 is 11.7 Å². The molecule has 2 heterocycles. The molecule has 1 amide bonds. The van der Waals surface area contributed by atoms with E-state index in [4.69, 9.17) is 4.74 Å². The maximum Gasteiger partial charge on any atom is 0.227 e. The summed E-state index contributed by atoms with van der Waals surface area (Å²) in [6.07, 6.45) is 2.21. The van der Waals surface area contributed by atoms with Gasteiger partial charge in [0.2, 0.25) is 5.91 Å². The van der Waals surface area contributed by atoms with Crippen molar-refractivity contribution in [1.82, 2.24) is 15.1 Å². The number of anilines is 1. The number of hydrogen-bond donors (Lipinski definition) is 2. The number of carbonyl (C=O) groups excluding carboxylic acids is 1. The van der Waals surface area contributed by atoms with Gasteiger partial charge in [0.05, 0.1) is 18.9 Å². The van der Waals surface area contributed by atoms with E-state index >= 15 is 0 Å². The Morgan fingerprint density at radius 2 is 2.24 bits per heavy atom. The third kappa shape index (κ3) is 3.68. The van der Waals surface area contributed by atoms with E-state index < -0.39 is 0 Å². The first-order chi connectivity index (χ1) is 10.3. The number of amides is 1. The van der Waals surface area contributed by atoms with Gasteiger partial charge in [-0.05, 0) is 12.1 Å². The van der Waals surface area contributed by atoms with Crippen LogP contribution in [0.1, 0.15) is 6.42 Å². The fourth-order valence-corrected chi connectivity index (χ4v) is 2.28. The molecule has 3 rings (SSSR count). The third-order valence-electron chi connectivity index (χ3n) is 3.31. The number of benzene rings is 1. The van der Waals surface area contributed by atoms with Gasteiger partial charge in [0.15, 0.2) is 5.82 Å². The monoisotopic (exact) mass is 286 g/mol. The normalized spacial score (nSPS) is 18.4. The Labute approximate surface area is 123 Å². The highest BCUT2D eigenvalue weighted by molar-refractivity contribution is 5.90. The van der Waals surface area contributed by atoms with E-state index in [1.165, 1.54) is 0 Å². The maximum absolute atomic E-state index is 12.0. The predicted molar refractivity (Wildman–Crippen MR) is 79.4 cm³/mol. The van der Waals surface area contributed by atoms with Crippen LogP contribution in [0.25, 0.3) is 5.69 Å². The number of nitrogens with zero attached hydrogens (tertiary/aromatic N) is 2. The van der Waals surface area contributed by atoms with E-state index in [-0.39, 0.29) is 11.9 Å². The second-order valence-electron chi connectivity index (χ2n) is 4.96. The third-order valence-corrected chi connectivity index (χ3v) is 3.31. The van der Waals surface area contributed by atoms with Crippen molar-refractivity contribution in [2.75, 3.05) is 25.1 Å². The van der Waals surface area contributed by atoms with Gasteiger partial charge in [-0.15, -0.1) is 0 Å². The average Bonchev–Trinajstić information content (AvgIpc) is 2.97. The van der Waals surface area contributed by atoms with E-state index in [2.05, 4.69) is 15.7 Å². The van der Waals surface area contributed by atoms with Crippen LogP contribution < -0.4 is 10.6 Å². The molecule has 1 aromatic heterocycles. The first-order valence-corrected chi connectivity index (χ1v) is 7.03. The van der Waals surface area contributed by atoms with Crippen molar-refractivity contribution in [1.29, 1.82) is 0 Å². The molecule has 1 atom stereocenters. The summed E-state index contributed by atoms with van der Waals surface area (Å²) >= 11 is 0. The molecule has 110 valence electrons. The molecule has 1 aliphatic heterocycles. The van der Waals surface area contributed by atoms with Gasteiger partial charge in [0.25, 0.3) is 0 Å². The van der Waals surface area contributed by atoms with Gasteiger partial charge in [-0.25, -0.2) is 4.68 Å². The van der Waals surface area contributed by atoms with Gasteiger partial charge >= 0.3 is 0 Å². The molecular formula is C15H18N4O2. The lowest BCUT2D eigenvalue weighted by Crippen LogP contribution is -2.43. The number of nitrogens with one attached hydrogen (secondary N) is 2. The Kier molecular flexibility index (Phi) is 4.28. The highest BCUT2D eigenvalue weighted by atomic mass is 16.5. The summed E-state index contributed by atoms with van der Waals surface area (Å²) < 4.78 is 7.07. The second kappa shape index (κ2) is 6.51. The Morgan fingerprint density at radius 1 is 1.38 bits per heavy atom. The molecule has 0 spiro atoms. The minimum absolute atomic E-state index is 0.0590. The summed E-state index contributed by atoms with van der Waals surface area (Å²) in [6.45, 7) is 2.08. The SMILES string of the molecule is O=C(CC1COCCN1)Nc1ccn(-c2ccccc2)n1. The van der Waals surface area contributed by atoms with Crippen LogP contribution in [0.2, 0.25) is 0 Å². The molecule has 1 aromatic carbocycles. The molecule has 0 radical (unpaired) electrons. The summed E-state index contributed by atoms with van der Waals surface area (Å²) in [6, 6.07) is 11.6. The zero-order valence-corrected chi connectivity index (χ0v) is 11.7. The van der Waals surface area contributed by atoms with Crippen molar-refractivity contribution in [3.05, 3.63) is 42.6 Å². The summed E-state index contributed by atoms with van der Waals surface area (Å²) in [5.74, 6) is 0.497. The number of carbonyl (C=O) groups is 1. The molecule has 21 heavy (non-hydrogen) atoms. The van der Waals surface area contributed by atoms with Crippen molar-refractivity contribution < 1.29 is 9.53 Å². The van der Waals surface area contributed by atoms with Crippen LogP contribution in [0.4, 0.5) is 5.82 Å². The standard InChI is InChI=1S/C15H18N4O2/c20-15(10-12-11-21-9-7-16-12)17-14-6-8-19(18-14)13-4-2-1-3-5-13/h1-6,8,12,16H,7,9-11H2,(H,17,18,20). The molecule has 1 saturated heterocycles. The molecule has 0 bridgehead atoms. The number of morpholine rings is 1. The Morgan fingerprint density at radius 3 is 3.00 bits per heavy atom. The fraction of sp³-hybridized carbons (Fsp3) is 0.333. The largest absolute Gasteiger partial charge is 0.378 e. The summed E-state index contributed by atoms with van der Waals surface area (Å²) in [4.78, 5) is 12.0. The summed E-state index contributed by atoms with van der Waals surface area (Å²) in [5.41, 5.74) is 0.959. The first-order valence-electron chi connectivity index (χ1n) is 7.03. The van der Waals surface area contributed by atoms with Gasteiger partial charge in [-0.2, -0.15) is 5.10 Å². The lowest BCUT2D eigenvalue weighted by atomic mass is 10.2. The molecular weight excluding hydrogens is 268 g/mol.